The fourth-order valence-electron chi connectivity index (χ4n) is 2.25. The molecule has 0 aliphatic carbocycles. The second-order valence-corrected chi connectivity index (χ2v) is 5.19. The number of hydrogen-bond acceptors (Lipinski definition) is 4. The number of aliphatic hydroxyl groups is 1. The topological polar surface area (TPSA) is 61.8 Å². The summed E-state index contributed by atoms with van der Waals surface area (Å²) in [4.78, 5) is 13.7. The number of carbonyl (C=O) groups excluding carboxylic acids is 1. The second-order valence-electron chi connectivity index (χ2n) is 5.19. The van der Waals surface area contributed by atoms with Crippen molar-refractivity contribution in [3.63, 3.8) is 0 Å². The SMILES string of the molecule is O=C(CN1CCOC[C@@H](O)C1)NCCc1ccc(F)cc1. The van der Waals surface area contributed by atoms with Crippen molar-refractivity contribution in [3.8, 4) is 0 Å². The van der Waals surface area contributed by atoms with E-state index in [1.165, 1.54) is 12.1 Å². The molecule has 1 atom stereocenters. The minimum atomic E-state index is -0.542. The first kappa shape index (κ1) is 15.9. The summed E-state index contributed by atoms with van der Waals surface area (Å²) in [5, 5.41) is 12.4. The van der Waals surface area contributed by atoms with Gasteiger partial charge in [-0.1, -0.05) is 12.1 Å². The number of nitrogens with zero attached hydrogens (tertiary/aromatic N) is 1. The van der Waals surface area contributed by atoms with E-state index in [1.54, 1.807) is 12.1 Å². The minimum Gasteiger partial charge on any atom is -0.389 e. The standard InChI is InChI=1S/C15H21FN2O3/c16-13-3-1-12(2-4-13)5-6-17-15(20)10-18-7-8-21-11-14(19)9-18/h1-4,14,19H,5-11H2,(H,17,20)/t14-/m0/s1. The zero-order valence-electron chi connectivity index (χ0n) is 11.9. The van der Waals surface area contributed by atoms with Gasteiger partial charge < -0.3 is 15.2 Å². The lowest BCUT2D eigenvalue weighted by atomic mass is 10.1. The van der Waals surface area contributed by atoms with Crippen molar-refractivity contribution in [2.75, 3.05) is 39.4 Å². The molecular formula is C15H21FN2O3. The molecule has 21 heavy (non-hydrogen) atoms. The molecule has 0 saturated carbocycles. The molecule has 0 bridgehead atoms. The summed E-state index contributed by atoms with van der Waals surface area (Å²) in [5.74, 6) is -0.337. The van der Waals surface area contributed by atoms with Crippen LogP contribution in [0.25, 0.3) is 0 Å². The predicted octanol–water partition coefficient (Wildman–Crippen LogP) is 0.178. The van der Waals surface area contributed by atoms with E-state index in [2.05, 4.69) is 5.32 Å². The fourth-order valence-corrected chi connectivity index (χ4v) is 2.25. The number of rotatable bonds is 5. The first-order valence-electron chi connectivity index (χ1n) is 7.13. The molecule has 1 aliphatic heterocycles. The van der Waals surface area contributed by atoms with Gasteiger partial charge in [0.2, 0.25) is 5.91 Å². The molecule has 116 valence electrons. The van der Waals surface area contributed by atoms with Crippen molar-refractivity contribution in [2.24, 2.45) is 0 Å². The zero-order chi connectivity index (χ0) is 15.1. The summed E-state index contributed by atoms with van der Waals surface area (Å²) >= 11 is 0. The first-order valence-corrected chi connectivity index (χ1v) is 7.13. The molecule has 1 aromatic rings. The van der Waals surface area contributed by atoms with Gasteiger partial charge >= 0.3 is 0 Å². The lowest BCUT2D eigenvalue weighted by Crippen LogP contribution is -2.41. The van der Waals surface area contributed by atoms with Crippen LogP contribution in [0.5, 0.6) is 0 Å². The summed E-state index contributed by atoms with van der Waals surface area (Å²) in [5.41, 5.74) is 0.982. The highest BCUT2D eigenvalue weighted by atomic mass is 19.1. The summed E-state index contributed by atoms with van der Waals surface area (Å²) in [6, 6.07) is 6.25. The number of β-amino-alcohol motifs (C(OH)–C–C–N with tert-alkyl or cyclic N) is 1. The largest absolute Gasteiger partial charge is 0.389 e. The summed E-state index contributed by atoms with van der Waals surface area (Å²) in [6.07, 6.45) is 0.122. The van der Waals surface area contributed by atoms with Gasteiger partial charge in [0.15, 0.2) is 0 Å². The van der Waals surface area contributed by atoms with Crippen LogP contribution in [0.1, 0.15) is 5.56 Å². The first-order chi connectivity index (χ1) is 10.1. The van der Waals surface area contributed by atoms with Crippen LogP contribution in [0, 0.1) is 5.82 Å². The number of carbonyl (C=O) groups is 1. The average Bonchev–Trinajstić information content (AvgIpc) is 2.65. The van der Waals surface area contributed by atoms with Crippen molar-refractivity contribution in [1.29, 1.82) is 0 Å². The van der Waals surface area contributed by atoms with Gasteiger partial charge in [0.05, 0.1) is 25.9 Å². The molecule has 1 aliphatic rings. The molecule has 1 aromatic carbocycles. The third-order valence-electron chi connectivity index (χ3n) is 3.35. The van der Waals surface area contributed by atoms with E-state index >= 15 is 0 Å². The normalized spacial score (nSPS) is 20.0. The highest BCUT2D eigenvalue weighted by Gasteiger charge is 2.18. The Kier molecular flexibility index (Phi) is 6.10. The molecule has 1 amide bonds. The van der Waals surface area contributed by atoms with Crippen LogP contribution in [-0.2, 0) is 16.0 Å². The van der Waals surface area contributed by atoms with E-state index in [0.717, 1.165) is 5.56 Å². The van der Waals surface area contributed by atoms with Crippen molar-refractivity contribution < 1.29 is 19.0 Å². The van der Waals surface area contributed by atoms with Crippen molar-refractivity contribution in [3.05, 3.63) is 35.6 Å². The van der Waals surface area contributed by atoms with E-state index in [0.29, 0.717) is 39.3 Å². The molecule has 6 heteroatoms. The van der Waals surface area contributed by atoms with Gasteiger partial charge in [-0.05, 0) is 24.1 Å². The number of aliphatic hydroxyl groups excluding tert-OH is 1. The van der Waals surface area contributed by atoms with Gasteiger partial charge in [-0.2, -0.15) is 0 Å². The van der Waals surface area contributed by atoms with Crippen molar-refractivity contribution in [2.45, 2.75) is 12.5 Å². The van der Waals surface area contributed by atoms with E-state index in [1.807, 2.05) is 4.90 Å². The molecule has 1 heterocycles. The molecule has 0 unspecified atom stereocenters. The van der Waals surface area contributed by atoms with E-state index < -0.39 is 6.10 Å². The third kappa shape index (κ3) is 5.79. The highest BCUT2D eigenvalue weighted by molar-refractivity contribution is 5.78. The molecule has 1 saturated heterocycles. The molecule has 0 spiro atoms. The van der Waals surface area contributed by atoms with E-state index in [-0.39, 0.29) is 18.3 Å². The summed E-state index contributed by atoms with van der Waals surface area (Å²) in [7, 11) is 0. The number of nitrogens with one attached hydrogen (secondary N) is 1. The minimum absolute atomic E-state index is 0.0776. The Morgan fingerprint density at radius 3 is 2.95 bits per heavy atom. The highest BCUT2D eigenvalue weighted by Crippen LogP contribution is 2.03. The molecule has 0 radical (unpaired) electrons. The van der Waals surface area contributed by atoms with Crippen LogP contribution < -0.4 is 5.32 Å². The van der Waals surface area contributed by atoms with Crippen LogP contribution in [-0.4, -0.2) is 61.4 Å². The maximum absolute atomic E-state index is 12.8. The van der Waals surface area contributed by atoms with E-state index in [4.69, 9.17) is 4.74 Å². The average molecular weight is 296 g/mol. The maximum atomic E-state index is 12.8. The fraction of sp³-hybridized carbons (Fsp3) is 0.533. The molecule has 2 rings (SSSR count). The molecule has 0 aromatic heterocycles. The summed E-state index contributed by atoms with van der Waals surface area (Å²) < 4.78 is 18.0. The van der Waals surface area contributed by atoms with Crippen molar-refractivity contribution in [1.82, 2.24) is 10.2 Å². The Labute approximate surface area is 123 Å². The predicted molar refractivity (Wildman–Crippen MR) is 76.4 cm³/mol. The number of ether oxygens (including phenoxy) is 1. The monoisotopic (exact) mass is 296 g/mol. The molecule has 1 fully saturated rings. The van der Waals surface area contributed by atoms with Crippen LogP contribution in [0.2, 0.25) is 0 Å². The van der Waals surface area contributed by atoms with Crippen molar-refractivity contribution >= 4 is 5.91 Å². The Morgan fingerprint density at radius 2 is 2.19 bits per heavy atom. The van der Waals surface area contributed by atoms with Gasteiger partial charge in [-0.25, -0.2) is 4.39 Å². The van der Waals surface area contributed by atoms with Gasteiger partial charge in [0.1, 0.15) is 5.82 Å². The lowest BCUT2D eigenvalue weighted by Gasteiger charge is -2.20. The van der Waals surface area contributed by atoms with E-state index in [9.17, 15) is 14.3 Å². The third-order valence-corrected chi connectivity index (χ3v) is 3.35. The summed E-state index contributed by atoms with van der Waals surface area (Å²) in [6.45, 7) is 2.71. The quantitative estimate of drug-likeness (QED) is 0.813. The second kappa shape index (κ2) is 8.07. The number of halogens is 1. The van der Waals surface area contributed by atoms with Crippen LogP contribution in [0.15, 0.2) is 24.3 Å². The van der Waals surface area contributed by atoms with Gasteiger partial charge in [-0.3, -0.25) is 9.69 Å². The van der Waals surface area contributed by atoms with Crippen LogP contribution in [0.4, 0.5) is 4.39 Å². The molecule has 5 nitrogen and oxygen atoms in total. The number of amides is 1. The Morgan fingerprint density at radius 1 is 1.43 bits per heavy atom. The number of benzene rings is 1. The van der Waals surface area contributed by atoms with Gasteiger partial charge in [0.25, 0.3) is 0 Å². The van der Waals surface area contributed by atoms with Gasteiger partial charge in [-0.15, -0.1) is 0 Å². The maximum Gasteiger partial charge on any atom is 0.234 e. The molecule has 2 N–H and O–H groups in total. The van der Waals surface area contributed by atoms with Crippen LogP contribution >= 0.6 is 0 Å². The lowest BCUT2D eigenvalue weighted by molar-refractivity contribution is -0.122. The Hall–Kier alpha value is -1.50. The number of hydrogen-bond donors (Lipinski definition) is 2. The Bertz CT molecular complexity index is 453. The van der Waals surface area contributed by atoms with Gasteiger partial charge in [0, 0.05) is 19.6 Å². The zero-order valence-corrected chi connectivity index (χ0v) is 11.9. The molecular weight excluding hydrogens is 275 g/mol. The van der Waals surface area contributed by atoms with Crippen LogP contribution in [0.3, 0.4) is 0 Å². The Balaban J connectivity index is 1.68. The smallest absolute Gasteiger partial charge is 0.234 e.